The van der Waals surface area contributed by atoms with Crippen LogP contribution in [0.5, 0.6) is 0 Å². The molecule has 9 nitrogen and oxygen atoms in total. The average molecular weight is 501 g/mol. The number of nitrogens with zero attached hydrogens (tertiary/aromatic N) is 2. The summed E-state index contributed by atoms with van der Waals surface area (Å²) in [4.78, 5) is 30.4. The minimum atomic E-state index is -0.674. The highest BCUT2D eigenvalue weighted by Crippen LogP contribution is 2.32. The summed E-state index contributed by atoms with van der Waals surface area (Å²) in [5.74, 6) is -0.849. The molecule has 0 saturated carbocycles. The van der Waals surface area contributed by atoms with Crippen molar-refractivity contribution < 1.29 is 14.1 Å². The Labute approximate surface area is 199 Å². The monoisotopic (exact) mass is 499 g/mol. The van der Waals surface area contributed by atoms with Gasteiger partial charge in [-0.15, -0.1) is 12.4 Å². The number of hydrogen-bond acceptors (Lipinski definition) is 7. The lowest BCUT2D eigenvalue weighted by Crippen LogP contribution is -2.36. The third-order valence-corrected chi connectivity index (χ3v) is 5.65. The molecule has 3 aromatic rings. The number of benzene rings is 1. The fraction of sp³-hybridized carbons (Fsp3) is 0.300. The number of carbonyl (C=O) groups is 1. The van der Waals surface area contributed by atoms with Gasteiger partial charge < -0.3 is 15.4 Å². The third-order valence-electron chi connectivity index (χ3n) is 4.91. The normalized spacial score (nSPS) is 18.4. The lowest BCUT2D eigenvalue weighted by atomic mass is 9.95. The van der Waals surface area contributed by atoms with Crippen LogP contribution in [0.15, 0.2) is 45.8 Å². The van der Waals surface area contributed by atoms with E-state index in [1.54, 1.807) is 18.2 Å². The van der Waals surface area contributed by atoms with Gasteiger partial charge in [-0.3, -0.25) is 19.3 Å². The lowest BCUT2D eigenvalue weighted by molar-refractivity contribution is 0.0305. The van der Waals surface area contributed by atoms with Crippen LogP contribution in [-0.4, -0.2) is 47.3 Å². The maximum Gasteiger partial charge on any atom is 0.439 e. The minimum absolute atomic E-state index is 0. The number of pyridine rings is 1. The van der Waals surface area contributed by atoms with Crippen LogP contribution < -0.4 is 16.4 Å². The van der Waals surface area contributed by atoms with E-state index in [2.05, 4.69) is 30.3 Å². The van der Waals surface area contributed by atoms with Gasteiger partial charge in [0.2, 0.25) is 0 Å². The molecule has 2 aromatic heterocycles. The Kier molecular flexibility index (Phi) is 8.27. The van der Waals surface area contributed by atoms with Crippen molar-refractivity contribution in [2.75, 3.05) is 26.2 Å². The Balaban J connectivity index is 0.00000289. The largest absolute Gasteiger partial charge is 0.439 e. The van der Waals surface area contributed by atoms with Crippen LogP contribution in [0.4, 0.5) is 0 Å². The number of ether oxygens (including phenoxy) is 1. The molecule has 1 aromatic carbocycles. The van der Waals surface area contributed by atoms with Crippen molar-refractivity contribution in [3.8, 4) is 11.4 Å². The Morgan fingerprint density at radius 3 is 2.81 bits per heavy atom. The second-order valence-corrected chi connectivity index (χ2v) is 7.83. The Morgan fingerprint density at radius 2 is 2.06 bits per heavy atom. The van der Waals surface area contributed by atoms with Gasteiger partial charge in [-0.1, -0.05) is 34.4 Å². The second-order valence-electron chi connectivity index (χ2n) is 7.01. The van der Waals surface area contributed by atoms with Crippen LogP contribution >= 0.6 is 35.6 Å². The standard InChI is InChI=1S/C20H19Cl2N5O4.ClH/c21-14-2-1-11(7-15(14)22)17-13(9-23-5-6-30-17)10-25-19(28)16-8-12(3-4-24-16)18-26-20(29)31-27-18;/h1-4,7-8,13,17,23H,5-6,9-10H2,(H,25,28)(H,26,27,29);1H/t13-,17-;/m0./s1. The molecule has 2 atom stereocenters. The van der Waals surface area contributed by atoms with Gasteiger partial charge in [0.1, 0.15) is 5.69 Å². The fourth-order valence-corrected chi connectivity index (χ4v) is 3.70. The number of rotatable bonds is 5. The van der Waals surface area contributed by atoms with Crippen LogP contribution in [0.1, 0.15) is 22.2 Å². The number of aromatic amines is 1. The van der Waals surface area contributed by atoms with Crippen molar-refractivity contribution in [1.29, 1.82) is 0 Å². The summed E-state index contributed by atoms with van der Waals surface area (Å²) in [5.41, 5.74) is 1.60. The van der Waals surface area contributed by atoms with Crippen molar-refractivity contribution >= 4 is 41.5 Å². The number of amides is 1. The lowest BCUT2D eigenvalue weighted by Gasteiger charge is -2.25. The van der Waals surface area contributed by atoms with Crippen molar-refractivity contribution in [2.24, 2.45) is 5.92 Å². The van der Waals surface area contributed by atoms with E-state index in [9.17, 15) is 9.59 Å². The molecule has 1 saturated heterocycles. The fourth-order valence-electron chi connectivity index (χ4n) is 3.40. The molecule has 1 fully saturated rings. The van der Waals surface area contributed by atoms with E-state index in [1.807, 2.05) is 6.07 Å². The molecule has 12 heteroatoms. The van der Waals surface area contributed by atoms with Gasteiger partial charge in [-0.2, -0.15) is 0 Å². The van der Waals surface area contributed by atoms with Crippen LogP contribution in [0, 0.1) is 5.92 Å². The maximum absolute atomic E-state index is 12.7. The van der Waals surface area contributed by atoms with Gasteiger partial charge in [-0.25, -0.2) is 4.79 Å². The van der Waals surface area contributed by atoms with Gasteiger partial charge in [0.15, 0.2) is 5.82 Å². The van der Waals surface area contributed by atoms with E-state index in [1.165, 1.54) is 12.3 Å². The van der Waals surface area contributed by atoms with E-state index in [-0.39, 0.29) is 41.9 Å². The molecule has 0 unspecified atom stereocenters. The summed E-state index contributed by atoms with van der Waals surface area (Å²) in [6.07, 6.45) is 1.20. The van der Waals surface area contributed by atoms with Crippen LogP contribution in [0.2, 0.25) is 10.0 Å². The molecule has 170 valence electrons. The first-order chi connectivity index (χ1) is 15.0. The first kappa shape index (κ1) is 24.2. The highest BCUT2D eigenvalue weighted by molar-refractivity contribution is 6.42. The number of H-pyrrole nitrogens is 1. The molecule has 1 amide bonds. The minimum Gasteiger partial charge on any atom is -0.372 e. The van der Waals surface area contributed by atoms with Crippen molar-refractivity contribution in [2.45, 2.75) is 6.10 Å². The molecular weight excluding hydrogens is 481 g/mol. The van der Waals surface area contributed by atoms with Crippen molar-refractivity contribution in [3.05, 3.63) is 68.4 Å². The Morgan fingerprint density at radius 1 is 1.22 bits per heavy atom. The number of hydrogen-bond donors (Lipinski definition) is 3. The summed E-state index contributed by atoms with van der Waals surface area (Å²) in [5, 5.41) is 10.8. The Hall–Kier alpha value is -2.43. The summed E-state index contributed by atoms with van der Waals surface area (Å²) < 4.78 is 10.5. The number of carbonyl (C=O) groups excluding carboxylic acids is 1. The van der Waals surface area contributed by atoms with E-state index in [0.717, 1.165) is 5.56 Å². The summed E-state index contributed by atoms with van der Waals surface area (Å²) in [6, 6.07) is 8.55. The smallest absolute Gasteiger partial charge is 0.372 e. The molecule has 0 aliphatic carbocycles. The predicted octanol–water partition coefficient (Wildman–Crippen LogP) is 2.86. The SMILES string of the molecule is Cl.O=C(NC[C@@H]1CNCCO[C@H]1c1ccc(Cl)c(Cl)c1)c1cc(-c2noc(=O)[nH]2)ccn1. The maximum atomic E-state index is 12.7. The van der Waals surface area contributed by atoms with Crippen molar-refractivity contribution in [1.82, 2.24) is 25.8 Å². The summed E-state index contributed by atoms with van der Waals surface area (Å²) >= 11 is 12.2. The second kappa shape index (κ2) is 10.9. The molecule has 0 bridgehead atoms. The number of halogens is 3. The highest BCUT2D eigenvalue weighted by Gasteiger charge is 2.27. The molecule has 3 heterocycles. The predicted molar refractivity (Wildman–Crippen MR) is 121 cm³/mol. The summed E-state index contributed by atoms with van der Waals surface area (Å²) in [6.45, 7) is 2.25. The molecule has 1 aliphatic rings. The zero-order valence-corrected chi connectivity index (χ0v) is 19.0. The highest BCUT2D eigenvalue weighted by atomic mass is 35.5. The molecule has 4 rings (SSSR count). The Bertz CT molecular complexity index is 1140. The van der Waals surface area contributed by atoms with Gasteiger partial charge >= 0.3 is 5.76 Å². The quantitative estimate of drug-likeness (QED) is 0.492. The van der Waals surface area contributed by atoms with Crippen LogP contribution in [-0.2, 0) is 4.74 Å². The van der Waals surface area contributed by atoms with Gasteiger partial charge in [0.05, 0.1) is 22.8 Å². The van der Waals surface area contributed by atoms with Gasteiger partial charge in [-0.05, 0) is 29.8 Å². The zero-order valence-electron chi connectivity index (χ0n) is 16.6. The third kappa shape index (κ3) is 5.67. The number of aromatic nitrogens is 3. The van der Waals surface area contributed by atoms with E-state index in [4.69, 9.17) is 27.9 Å². The molecule has 0 spiro atoms. The molecule has 1 aliphatic heterocycles. The molecule has 0 radical (unpaired) electrons. The molecular formula is C20H20Cl3N5O4. The van der Waals surface area contributed by atoms with E-state index < -0.39 is 5.76 Å². The zero-order chi connectivity index (χ0) is 21.8. The van der Waals surface area contributed by atoms with E-state index in [0.29, 0.717) is 41.8 Å². The van der Waals surface area contributed by atoms with E-state index >= 15 is 0 Å². The first-order valence-electron chi connectivity index (χ1n) is 9.59. The molecule has 3 N–H and O–H groups in total. The van der Waals surface area contributed by atoms with Gasteiger partial charge in [0.25, 0.3) is 5.91 Å². The van der Waals surface area contributed by atoms with Crippen LogP contribution in [0.25, 0.3) is 11.4 Å². The van der Waals surface area contributed by atoms with Crippen molar-refractivity contribution in [3.63, 3.8) is 0 Å². The first-order valence-corrected chi connectivity index (χ1v) is 10.3. The van der Waals surface area contributed by atoms with Crippen LogP contribution in [0.3, 0.4) is 0 Å². The summed E-state index contributed by atoms with van der Waals surface area (Å²) in [7, 11) is 0. The number of nitrogens with one attached hydrogen (secondary N) is 3. The van der Waals surface area contributed by atoms with Gasteiger partial charge in [0, 0.05) is 37.3 Å². The molecule has 32 heavy (non-hydrogen) atoms. The average Bonchev–Trinajstić information content (AvgIpc) is 3.07. The topological polar surface area (TPSA) is 122 Å².